The van der Waals surface area contributed by atoms with E-state index in [4.69, 9.17) is 4.74 Å². The molecule has 3 nitrogen and oxygen atoms in total. The third-order valence-electron chi connectivity index (χ3n) is 4.83. The zero-order chi connectivity index (χ0) is 18.1. The van der Waals surface area contributed by atoms with Gasteiger partial charge in [-0.15, -0.1) is 0 Å². The molecule has 0 bridgehead atoms. The van der Waals surface area contributed by atoms with Crippen molar-refractivity contribution in [2.45, 2.75) is 0 Å². The Bertz CT molecular complexity index is 830. The fraction of sp³-hybridized carbons (Fsp3) is 0.300. The van der Waals surface area contributed by atoms with Gasteiger partial charge in [0.05, 0.1) is 0 Å². The van der Waals surface area contributed by atoms with Crippen LogP contribution >= 0.6 is 22.9 Å². The van der Waals surface area contributed by atoms with E-state index >= 15 is 0 Å². The third-order valence-corrected chi connectivity index (χ3v) is 5.80. The number of benzene rings is 2. The summed E-state index contributed by atoms with van der Waals surface area (Å²) < 4.78 is 35.5. The molecule has 1 saturated heterocycles. The van der Waals surface area contributed by atoms with Crippen LogP contribution in [-0.2, 0) is 0 Å². The highest BCUT2D eigenvalue weighted by Gasteiger charge is 2.25. The van der Waals surface area contributed by atoms with Gasteiger partial charge < -0.3 is 4.74 Å². The molecule has 136 valence electrons. The molecule has 0 unspecified atom stereocenters. The van der Waals surface area contributed by atoms with Crippen molar-refractivity contribution in [3.63, 3.8) is 0 Å². The predicted octanol–water partition coefficient (Wildman–Crippen LogP) is 4.13. The minimum atomic E-state index is -0.299. The molecule has 4 rings (SSSR count). The van der Waals surface area contributed by atoms with Gasteiger partial charge in [-0.2, -0.15) is 0 Å². The maximum absolute atomic E-state index is 13.9. The molecule has 0 amide bonds. The first-order valence-corrected chi connectivity index (χ1v) is 9.60. The molecule has 0 aromatic heterocycles. The van der Waals surface area contributed by atoms with Crippen molar-refractivity contribution in [3.05, 3.63) is 70.8 Å². The van der Waals surface area contributed by atoms with Crippen LogP contribution in [0.25, 0.3) is 5.57 Å². The Balaban J connectivity index is 1.75. The first-order chi connectivity index (χ1) is 12.6. The number of rotatable bonds is 3. The lowest BCUT2D eigenvalue weighted by molar-refractivity contribution is 0.212. The van der Waals surface area contributed by atoms with E-state index in [1.54, 1.807) is 18.2 Å². The smallest absolute Gasteiger partial charge is 0.127 e. The Kier molecular flexibility index (Phi) is 5.24. The predicted molar refractivity (Wildman–Crippen MR) is 106 cm³/mol. The molecule has 2 aromatic rings. The van der Waals surface area contributed by atoms with Crippen LogP contribution in [0.3, 0.4) is 0 Å². The summed E-state index contributed by atoms with van der Waals surface area (Å²) in [7, 11) is 0. The van der Waals surface area contributed by atoms with E-state index in [1.165, 1.54) is 24.3 Å². The summed E-state index contributed by atoms with van der Waals surface area (Å²) in [6.07, 6.45) is 0. The van der Waals surface area contributed by atoms with Gasteiger partial charge in [0.2, 0.25) is 0 Å². The molecule has 0 atom stereocenters. The molecular weight excluding hydrogens is 449 g/mol. The lowest BCUT2D eigenvalue weighted by Gasteiger charge is -2.33. The van der Waals surface area contributed by atoms with Crippen LogP contribution in [0, 0.1) is 11.6 Å². The van der Waals surface area contributed by atoms with Crippen molar-refractivity contribution in [3.8, 4) is 5.75 Å². The van der Waals surface area contributed by atoms with Crippen LogP contribution in [0.15, 0.2) is 48.0 Å². The Morgan fingerprint density at radius 3 is 2.35 bits per heavy atom. The fourth-order valence-corrected chi connectivity index (χ4v) is 3.93. The molecule has 6 heteroatoms. The second kappa shape index (κ2) is 7.62. The van der Waals surface area contributed by atoms with Crippen LogP contribution in [0.2, 0.25) is 0 Å². The highest BCUT2D eigenvalue weighted by molar-refractivity contribution is 14.1. The van der Waals surface area contributed by atoms with Gasteiger partial charge in [0.15, 0.2) is 0 Å². The molecule has 1 fully saturated rings. The normalized spacial score (nSPS) is 18.6. The summed E-state index contributed by atoms with van der Waals surface area (Å²) in [5.74, 6) is 0.0962. The van der Waals surface area contributed by atoms with Crippen LogP contribution in [-0.4, -0.2) is 47.3 Å². The number of halogens is 3. The molecule has 2 aliphatic heterocycles. The number of ether oxygens (including phenoxy) is 1. The topological polar surface area (TPSA) is 15.7 Å². The van der Waals surface area contributed by atoms with Gasteiger partial charge in [-0.05, 0) is 47.0 Å². The monoisotopic (exact) mass is 468 g/mol. The van der Waals surface area contributed by atoms with Gasteiger partial charge in [-0.1, -0.05) is 12.1 Å². The third kappa shape index (κ3) is 3.77. The van der Waals surface area contributed by atoms with Crippen LogP contribution in [0.4, 0.5) is 8.78 Å². The van der Waals surface area contributed by atoms with Crippen LogP contribution in [0.1, 0.15) is 11.1 Å². The summed E-state index contributed by atoms with van der Waals surface area (Å²) in [5.41, 5.74) is 3.70. The Morgan fingerprint density at radius 2 is 1.62 bits per heavy atom. The zero-order valence-corrected chi connectivity index (χ0v) is 16.4. The molecule has 0 N–H and O–H groups in total. The second-order valence-electron chi connectivity index (χ2n) is 6.60. The van der Waals surface area contributed by atoms with E-state index in [0.717, 1.165) is 55.0 Å². The van der Waals surface area contributed by atoms with Gasteiger partial charge in [0, 0.05) is 61.2 Å². The Hall–Kier alpha value is -1.51. The van der Waals surface area contributed by atoms with Crippen molar-refractivity contribution >= 4 is 28.4 Å². The number of fused-ring (bicyclic) bond motifs is 1. The molecule has 0 saturated carbocycles. The molecule has 0 spiro atoms. The van der Waals surface area contributed by atoms with Gasteiger partial charge in [0.1, 0.15) is 24.0 Å². The Morgan fingerprint density at radius 1 is 0.923 bits per heavy atom. The quantitative estimate of drug-likeness (QED) is 0.498. The summed E-state index contributed by atoms with van der Waals surface area (Å²) in [5, 5.41) is 0. The minimum absolute atomic E-state index is 0.277. The molecule has 2 heterocycles. The van der Waals surface area contributed by atoms with Crippen LogP contribution in [0.5, 0.6) is 5.75 Å². The summed E-state index contributed by atoms with van der Waals surface area (Å²) in [4.78, 5) is 2.39. The number of piperazine rings is 1. The van der Waals surface area contributed by atoms with Gasteiger partial charge in [-0.3, -0.25) is 4.90 Å². The average Bonchev–Trinajstić information content (AvgIpc) is 2.64. The molecular formula is C20H19F2IN2O. The van der Waals surface area contributed by atoms with Gasteiger partial charge >= 0.3 is 0 Å². The maximum Gasteiger partial charge on any atom is 0.127 e. The van der Waals surface area contributed by atoms with E-state index in [1.807, 2.05) is 0 Å². The van der Waals surface area contributed by atoms with Gasteiger partial charge in [0.25, 0.3) is 0 Å². The zero-order valence-electron chi connectivity index (χ0n) is 14.2. The second-order valence-corrected chi connectivity index (χ2v) is 7.97. The van der Waals surface area contributed by atoms with E-state index in [-0.39, 0.29) is 11.6 Å². The largest absolute Gasteiger partial charge is 0.489 e. The van der Waals surface area contributed by atoms with Crippen molar-refractivity contribution in [2.24, 2.45) is 0 Å². The van der Waals surface area contributed by atoms with Crippen molar-refractivity contribution < 1.29 is 13.5 Å². The van der Waals surface area contributed by atoms with E-state index < -0.39 is 0 Å². The molecule has 2 aromatic carbocycles. The van der Waals surface area contributed by atoms with E-state index in [0.29, 0.717) is 12.4 Å². The van der Waals surface area contributed by atoms with Gasteiger partial charge in [-0.25, -0.2) is 11.9 Å². The first-order valence-electron chi connectivity index (χ1n) is 8.64. The fourth-order valence-electron chi connectivity index (χ4n) is 3.50. The standard InChI is InChI=1S/C20H19F2IN2O/c21-16-3-1-14(2-4-16)20-15(12-24-7-9-25(23)10-8-24)13-26-19-6-5-17(22)11-18(19)20/h1-6,11H,7-10,12-13H2. The van der Waals surface area contributed by atoms with Crippen molar-refractivity contribution in [1.29, 1.82) is 0 Å². The lowest BCUT2D eigenvalue weighted by Crippen LogP contribution is -2.43. The summed E-state index contributed by atoms with van der Waals surface area (Å²) in [6, 6.07) is 11.0. The van der Waals surface area contributed by atoms with E-state index in [2.05, 4.69) is 30.9 Å². The van der Waals surface area contributed by atoms with Crippen molar-refractivity contribution in [2.75, 3.05) is 39.3 Å². The molecule has 0 aliphatic carbocycles. The molecule has 26 heavy (non-hydrogen) atoms. The number of hydrogen-bond acceptors (Lipinski definition) is 3. The highest BCUT2D eigenvalue weighted by Crippen LogP contribution is 2.38. The van der Waals surface area contributed by atoms with Crippen LogP contribution < -0.4 is 4.74 Å². The maximum atomic E-state index is 13.9. The number of nitrogens with zero attached hydrogens (tertiary/aromatic N) is 2. The lowest BCUT2D eigenvalue weighted by atomic mass is 9.90. The summed E-state index contributed by atoms with van der Waals surface area (Å²) >= 11 is 2.35. The SMILES string of the molecule is Fc1ccc(C2=C(CN3CCN(I)CC3)COc3ccc(F)cc32)cc1. The average molecular weight is 468 g/mol. The molecule has 0 radical (unpaired) electrons. The highest BCUT2D eigenvalue weighted by atomic mass is 127. The summed E-state index contributed by atoms with van der Waals surface area (Å²) in [6.45, 7) is 5.25. The van der Waals surface area contributed by atoms with Crippen molar-refractivity contribution in [1.82, 2.24) is 8.01 Å². The molecule has 2 aliphatic rings. The minimum Gasteiger partial charge on any atom is -0.489 e. The van der Waals surface area contributed by atoms with E-state index in [9.17, 15) is 8.78 Å². The first kappa shape index (κ1) is 17.9. The Labute approximate surface area is 165 Å². The number of hydrogen-bond donors (Lipinski definition) is 0.